The fraction of sp³-hybridized carbons (Fsp3) is 0.682. The number of carbonyl (C=O) groups excluding carboxylic acids is 1. The van der Waals surface area contributed by atoms with Crippen molar-refractivity contribution in [2.45, 2.75) is 78.0 Å². The summed E-state index contributed by atoms with van der Waals surface area (Å²) in [6.07, 6.45) is 6.78. The molecule has 0 bridgehead atoms. The SMILES string of the molecule is CC[C@H](C)[C@H](NC(=O)[C@@H]1CCC[C@H](OC)C1)c1nc2cccnc2n1C(C)C. The number of nitrogens with one attached hydrogen (secondary N) is 1. The van der Waals surface area contributed by atoms with Crippen molar-refractivity contribution in [2.24, 2.45) is 11.8 Å². The van der Waals surface area contributed by atoms with Crippen molar-refractivity contribution in [3.63, 3.8) is 0 Å². The molecule has 28 heavy (non-hydrogen) atoms. The van der Waals surface area contributed by atoms with Gasteiger partial charge in [-0.1, -0.05) is 26.7 Å². The number of amides is 1. The lowest BCUT2D eigenvalue weighted by molar-refractivity contribution is -0.128. The number of hydrogen-bond donors (Lipinski definition) is 1. The van der Waals surface area contributed by atoms with E-state index in [0.717, 1.165) is 49.1 Å². The van der Waals surface area contributed by atoms with Crippen LogP contribution in [-0.4, -0.2) is 33.7 Å². The van der Waals surface area contributed by atoms with Crippen molar-refractivity contribution in [2.75, 3.05) is 7.11 Å². The van der Waals surface area contributed by atoms with Gasteiger partial charge in [0.15, 0.2) is 5.65 Å². The third-order valence-electron chi connectivity index (χ3n) is 6.11. The smallest absolute Gasteiger partial charge is 0.223 e. The molecule has 0 aromatic carbocycles. The van der Waals surface area contributed by atoms with Gasteiger partial charge in [-0.05, 0) is 51.2 Å². The number of fused-ring (bicyclic) bond motifs is 1. The average molecular weight is 387 g/mol. The number of carbonyl (C=O) groups is 1. The summed E-state index contributed by atoms with van der Waals surface area (Å²) in [7, 11) is 1.74. The molecule has 0 radical (unpaired) electrons. The minimum absolute atomic E-state index is 0.0141. The maximum Gasteiger partial charge on any atom is 0.223 e. The largest absolute Gasteiger partial charge is 0.381 e. The van der Waals surface area contributed by atoms with Gasteiger partial charge in [0.05, 0.1) is 12.1 Å². The summed E-state index contributed by atoms with van der Waals surface area (Å²) < 4.78 is 7.69. The first-order valence-corrected chi connectivity index (χ1v) is 10.6. The minimum atomic E-state index is -0.128. The third kappa shape index (κ3) is 4.22. The topological polar surface area (TPSA) is 69.0 Å². The van der Waals surface area contributed by atoms with Crippen LogP contribution in [0.1, 0.15) is 77.7 Å². The Morgan fingerprint density at radius 1 is 1.36 bits per heavy atom. The van der Waals surface area contributed by atoms with Crippen molar-refractivity contribution in [3.8, 4) is 0 Å². The third-order valence-corrected chi connectivity index (χ3v) is 6.11. The molecule has 6 heteroatoms. The molecule has 0 spiro atoms. The van der Waals surface area contributed by atoms with Crippen molar-refractivity contribution < 1.29 is 9.53 Å². The zero-order valence-electron chi connectivity index (χ0n) is 17.8. The predicted molar refractivity (Wildman–Crippen MR) is 111 cm³/mol. The minimum Gasteiger partial charge on any atom is -0.381 e. The lowest BCUT2D eigenvalue weighted by Crippen LogP contribution is -2.40. The number of methoxy groups -OCH3 is 1. The summed E-state index contributed by atoms with van der Waals surface area (Å²) in [5.74, 6) is 1.33. The van der Waals surface area contributed by atoms with Crippen LogP contribution in [0.25, 0.3) is 11.2 Å². The van der Waals surface area contributed by atoms with E-state index in [1.807, 2.05) is 12.1 Å². The lowest BCUT2D eigenvalue weighted by atomic mass is 9.86. The van der Waals surface area contributed by atoms with E-state index in [9.17, 15) is 4.79 Å². The van der Waals surface area contributed by atoms with E-state index in [-0.39, 0.29) is 35.9 Å². The molecule has 1 saturated carbocycles. The van der Waals surface area contributed by atoms with Gasteiger partial charge in [-0.15, -0.1) is 0 Å². The van der Waals surface area contributed by atoms with Gasteiger partial charge < -0.3 is 14.6 Å². The zero-order valence-corrected chi connectivity index (χ0v) is 17.8. The number of imidazole rings is 1. The van der Waals surface area contributed by atoms with E-state index >= 15 is 0 Å². The molecule has 2 aromatic heterocycles. The predicted octanol–water partition coefficient (Wildman–Crippen LogP) is 4.42. The van der Waals surface area contributed by atoms with Gasteiger partial charge in [0, 0.05) is 25.3 Å². The molecule has 1 fully saturated rings. The van der Waals surface area contributed by atoms with Crippen molar-refractivity contribution >= 4 is 17.1 Å². The van der Waals surface area contributed by atoms with Gasteiger partial charge in [-0.3, -0.25) is 4.79 Å². The quantitative estimate of drug-likeness (QED) is 0.765. The highest BCUT2D eigenvalue weighted by Crippen LogP contribution is 2.31. The van der Waals surface area contributed by atoms with E-state index in [4.69, 9.17) is 9.72 Å². The summed E-state index contributed by atoms with van der Waals surface area (Å²) >= 11 is 0. The Morgan fingerprint density at radius 2 is 2.14 bits per heavy atom. The molecule has 1 aliphatic rings. The number of rotatable bonds is 7. The summed E-state index contributed by atoms with van der Waals surface area (Å²) in [6.45, 7) is 8.62. The number of ether oxygens (including phenoxy) is 1. The fourth-order valence-corrected chi connectivity index (χ4v) is 4.24. The van der Waals surface area contributed by atoms with Gasteiger partial charge in [0.2, 0.25) is 5.91 Å². The second-order valence-electron chi connectivity index (χ2n) is 8.37. The van der Waals surface area contributed by atoms with E-state index in [0.29, 0.717) is 0 Å². The highest BCUT2D eigenvalue weighted by molar-refractivity contribution is 5.79. The maximum atomic E-state index is 13.1. The highest BCUT2D eigenvalue weighted by atomic mass is 16.5. The Hall–Kier alpha value is -1.95. The van der Waals surface area contributed by atoms with E-state index in [1.165, 1.54) is 0 Å². The average Bonchev–Trinajstić information content (AvgIpc) is 3.10. The van der Waals surface area contributed by atoms with Crippen LogP contribution in [0.5, 0.6) is 0 Å². The summed E-state index contributed by atoms with van der Waals surface area (Å²) in [4.78, 5) is 22.6. The molecule has 0 saturated heterocycles. The summed E-state index contributed by atoms with van der Waals surface area (Å²) in [5, 5.41) is 3.35. The monoisotopic (exact) mass is 386 g/mol. The second-order valence-corrected chi connectivity index (χ2v) is 8.37. The Morgan fingerprint density at radius 3 is 2.82 bits per heavy atom. The van der Waals surface area contributed by atoms with Crippen LogP contribution in [0.2, 0.25) is 0 Å². The number of nitrogens with zero attached hydrogens (tertiary/aromatic N) is 3. The van der Waals surface area contributed by atoms with Gasteiger partial charge in [-0.2, -0.15) is 0 Å². The first-order valence-electron chi connectivity index (χ1n) is 10.6. The standard InChI is InChI=1S/C22H34N4O2/c1-6-15(4)19(25-22(27)16-9-7-10-17(13-16)28-5)21-24-18-11-8-12-23-20(18)26(21)14(2)3/h8,11-12,14-17,19H,6-7,9-10,13H2,1-5H3,(H,25,27)/t15-,16+,17-,19-/m0/s1. The number of aromatic nitrogens is 3. The van der Waals surface area contributed by atoms with Crippen LogP contribution in [0.3, 0.4) is 0 Å². The Labute approximate surface area is 168 Å². The van der Waals surface area contributed by atoms with Crippen molar-refractivity contribution in [1.82, 2.24) is 19.9 Å². The van der Waals surface area contributed by atoms with Crippen molar-refractivity contribution in [3.05, 3.63) is 24.2 Å². The van der Waals surface area contributed by atoms with Crippen molar-refractivity contribution in [1.29, 1.82) is 0 Å². The molecule has 2 aromatic rings. The van der Waals surface area contributed by atoms with Gasteiger partial charge in [-0.25, -0.2) is 9.97 Å². The lowest BCUT2D eigenvalue weighted by Gasteiger charge is -2.31. The van der Waals surface area contributed by atoms with Crippen LogP contribution in [0, 0.1) is 11.8 Å². The van der Waals surface area contributed by atoms with Crippen LogP contribution < -0.4 is 5.32 Å². The van der Waals surface area contributed by atoms with Crippen LogP contribution in [0.15, 0.2) is 18.3 Å². The zero-order chi connectivity index (χ0) is 20.3. The Kier molecular flexibility index (Phi) is 6.70. The van der Waals surface area contributed by atoms with Crippen LogP contribution in [0.4, 0.5) is 0 Å². The normalized spacial score (nSPS) is 22.4. The fourth-order valence-electron chi connectivity index (χ4n) is 4.24. The Balaban J connectivity index is 1.92. The van der Waals surface area contributed by atoms with Gasteiger partial charge in [0.1, 0.15) is 11.3 Å². The molecule has 6 nitrogen and oxygen atoms in total. The number of pyridine rings is 1. The van der Waals surface area contributed by atoms with E-state index in [2.05, 4.69) is 42.6 Å². The Bertz CT molecular complexity index is 801. The molecule has 1 N–H and O–H groups in total. The first kappa shape index (κ1) is 20.8. The van der Waals surface area contributed by atoms with Crippen LogP contribution in [-0.2, 0) is 9.53 Å². The van der Waals surface area contributed by atoms with E-state index in [1.54, 1.807) is 13.3 Å². The maximum absolute atomic E-state index is 13.1. The molecule has 1 aliphatic carbocycles. The van der Waals surface area contributed by atoms with Gasteiger partial charge in [0.25, 0.3) is 0 Å². The highest BCUT2D eigenvalue weighted by Gasteiger charge is 2.32. The molecule has 1 amide bonds. The van der Waals surface area contributed by atoms with Gasteiger partial charge >= 0.3 is 0 Å². The molecular weight excluding hydrogens is 352 g/mol. The molecular formula is C22H34N4O2. The second kappa shape index (κ2) is 9.03. The molecule has 0 unspecified atom stereocenters. The van der Waals surface area contributed by atoms with E-state index < -0.39 is 0 Å². The number of hydrogen-bond acceptors (Lipinski definition) is 4. The molecule has 4 atom stereocenters. The molecule has 154 valence electrons. The molecule has 0 aliphatic heterocycles. The molecule has 3 rings (SSSR count). The molecule has 2 heterocycles. The first-order chi connectivity index (χ1) is 13.5. The summed E-state index contributed by atoms with van der Waals surface area (Å²) in [6, 6.07) is 3.99. The summed E-state index contributed by atoms with van der Waals surface area (Å²) in [5.41, 5.74) is 1.76. The van der Waals surface area contributed by atoms with Crippen LogP contribution >= 0.6 is 0 Å².